The molecule has 3 aromatic carbocycles. The Morgan fingerprint density at radius 1 is 1.00 bits per heavy atom. The van der Waals surface area contributed by atoms with E-state index in [0.717, 1.165) is 52.1 Å². The number of rotatable bonds is 8. The molecule has 1 fully saturated rings. The molecule has 4 N–H and O–H groups in total. The van der Waals surface area contributed by atoms with Crippen molar-refractivity contribution in [2.45, 2.75) is 38.3 Å². The van der Waals surface area contributed by atoms with Crippen LogP contribution in [0.3, 0.4) is 0 Å². The molecule has 5 aromatic rings. The number of aromatic nitrogens is 3. The summed E-state index contributed by atoms with van der Waals surface area (Å²) in [6.07, 6.45) is 4.57. The molecule has 0 amide bonds. The summed E-state index contributed by atoms with van der Waals surface area (Å²) in [6, 6.07) is 19.0. The molecule has 0 unspecified atom stereocenters. The van der Waals surface area contributed by atoms with Crippen LogP contribution in [-0.4, -0.2) is 36.9 Å². The molecule has 9 nitrogen and oxygen atoms in total. The van der Waals surface area contributed by atoms with E-state index >= 15 is 0 Å². The zero-order valence-corrected chi connectivity index (χ0v) is 21.0. The highest BCUT2D eigenvalue weighted by molar-refractivity contribution is 5.95. The summed E-state index contributed by atoms with van der Waals surface area (Å²) in [5.41, 5.74) is 9.92. The van der Waals surface area contributed by atoms with Crippen LogP contribution in [0.2, 0.25) is 0 Å². The van der Waals surface area contributed by atoms with Crippen molar-refractivity contribution in [1.29, 1.82) is 0 Å². The number of nitrogens with two attached hydrogens (primary N) is 1. The second-order valence-electron chi connectivity index (χ2n) is 9.80. The number of ether oxygens (including phenoxy) is 1. The third-order valence-electron chi connectivity index (χ3n) is 7.36. The summed E-state index contributed by atoms with van der Waals surface area (Å²) < 4.78 is 8.08. The number of carbonyl (C=O) groups is 2. The monoisotopic (exact) mass is 522 g/mol. The topological polar surface area (TPSA) is 141 Å². The Bertz CT molecular complexity index is 1760. The van der Waals surface area contributed by atoms with Gasteiger partial charge in [-0.15, -0.1) is 0 Å². The second-order valence-corrected chi connectivity index (χ2v) is 9.80. The molecule has 2 heterocycles. The highest BCUT2D eigenvalue weighted by atomic mass is 16.5. The summed E-state index contributed by atoms with van der Waals surface area (Å²) in [4.78, 5) is 27.5. The van der Waals surface area contributed by atoms with Crippen LogP contribution in [0.25, 0.3) is 32.8 Å². The molecule has 39 heavy (non-hydrogen) atoms. The number of nitrogen functional groups attached to an aromatic ring is 1. The molecule has 1 saturated carbocycles. The number of para-hydroxylation sites is 1. The largest absolute Gasteiger partial charge is 0.486 e. The van der Waals surface area contributed by atoms with E-state index in [1.807, 2.05) is 28.9 Å². The van der Waals surface area contributed by atoms with Gasteiger partial charge in [0.15, 0.2) is 0 Å². The molecule has 6 rings (SSSR count). The van der Waals surface area contributed by atoms with Gasteiger partial charge in [-0.1, -0.05) is 30.3 Å². The first-order valence-corrected chi connectivity index (χ1v) is 12.7. The van der Waals surface area contributed by atoms with E-state index in [9.17, 15) is 19.8 Å². The summed E-state index contributed by atoms with van der Waals surface area (Å²) in [5, 5.41) is 26.7. The Kier molecular flexibility index (Phi) is 6.11. The van der Waals surface area contributed by atoms with Crippen LogP contribution in [0, 0.1) is 0 Å². The van der Waals surface area contributed by atoms with E-state index < -0.39 is 11.9 Å². The average Bonchev–Trinajstić information content (AvgIpc) is 3.23. The van der Waals surface area contributed by atoms with Crippen molar-refractivity contribution in [2.75, 3.05) is 5.73 Å². The van der Waals surface area contributed by atoms with Gasteiger partial charge in [0, 0.05) is 22.5 Å². The fraction of sp³-hybridized carbons (Fsp3) is 0.200. The summed E-state index contributed by atoms with van der Waals surface area (Å²) in [7, 11) is 0. The Morgan fingerprint density at radius 2 is 1.77 bits per heavy atom. The van der Waals surface area contributed by atoms with E-state index in [1.54, 1.807) is 12.3 Å². The lowest BCUT2D eigenvalue weighted by Crippen LogP contribution is -2.18. The van der Waals surface area contributed by atoms with Crippen molar-refractivity contribution in [3.05, 3.63) is 83.7 Å². The molecule has 2 aromatic heterocycles. The lowest BCUT2D eigenvalue weighted by molar-refractivity contribution is -0.136. The molecular formula is C30H26N4O5. The zero-order valence-electron chi connectivity index (χ0n) is 21.0. The Hall–Kier alpha value is -4.92. The van der Waals surface area contributed by atoms with Crippen LogP contribution in [0.15, 0.2) is 66.9 Å². The number of hydrogen-bond acceptors (Lipinski definition) is 6. The van der Waals surface area contributed by atoms with E-state index in [0.29, 0.717) is 23.1 Å². The Balaban J connectivity index is 1.42. The number of aliphatic carboxylic acids is 1. The first-order valence-electron chi connectivity index (χ1n) is 12.7. The fourth-order valence-electron chi connectivity index (χ4n) is 5.14. The molecule has 1 aliphatic rings. The van der Waals surface area contributed by atoms with E-state index in [4.69, 9.17) is 15.6 Å². The average molecular weight is 523 g/mol. The maximum absolute atomic E-state index is 11.9. The van der Waals surface area contributed by atoms with Gasteiger partial charge in [-0.2, -0.15) is 5.10 Å². The molecule has 0 bridgehead atoms. The van der Waals surface area contributed by atoms with E-state index in [1.165, 1.54) is 12.1 Å². The Labute approximate surface area is 223 Å². The molecule has 9 heteroatoms. The number of nitrogens with zero attached hydrogens (tertiary/aromatic N) is 3. The third kappa shape index (κ3) is 4.52. The molecular weight excluding hydrogens is 496 g/mol. The van der Waals surface area contributed by atoms with E-state index in [2.05, 4.69) is 23.2 Å². The number of fused-ring (bicyclic) bond motifs is 2. The first kappa shape index (κ1) is 24.4. The smallest absolute Gasteiger partial charge is 0.339 e. The number of carboxylic acid groups (broad SMARTS) is 2. The number of pyridine rings is 1. The highest BCUT2D eigenvalue weighted by Gasteiger charge is 2.25. The van der Waals surface area contributed by atoms with Crippen molar-refractivity contribution in [1.82, 2.24) is 14.8 Å². The van der Waals surface area contributed by atoms with Crippen molar-refractivity contribution in [3.63, 3.8) is 0 Å². The fourth-order valence-corrected chi connectivity index (χ4v) is 5.14. The van der Waals surface area contributed by atoms with Gasteiger partial charge in [0.25, 0.3) is 0 Å². The predicted molar refractivity (Wildman–Crippen MR) is 147 cm³/mol. The van der Waals surface area contributed by atoms with Gasteiger partial charge >= 0.3 is 11.9 Å². The van der Waals surface area contributed by atoms with Crippen molar-refractivity contribution in [3.8, 4) is 16.9 Å². The number of anilines is 1. The first-order chi connectivity index (χ1) is 18.9. The third-order valence-corrected chi connectivity index (χ3v) is 7.36. The van der Waals surface area contributed by atoms with Gasteiger partial charge in [0.1, 0.15) is 29.4 Å². The lowest BCUT2D eigenvalue weighted by Gasteiger charge is -2.26. The van der Waals surface area contributed by atoms with Gasteiger partial charge in [-0.3, -0.25) is 9.48 Å². The SMILES string of the molecule is Nc1nccc2ccc(-c3ccc4c(c3)c(COc3c(CC(=O)O)cccc3C(=O)O)nn4C3CCC3)cc12. The van der Waals surface area contributed by atoms with Crippen LogP contribution in [0.1, 0.15) is 46.9 Å². The van der Waals surface area contributed by atoms with Gasteiger partial charge in [0.05, 0.1) is 18.0 Å². The summed E-state index contributed by atoms with van der Waals surface area (Å²) in [5.74, 6) is -1.74. The Morgan fingerprint density at radius 3 is 2.49 bits per heavy atom. The predicted octanol–water partition coefficient (Wildman–Crippen LogP) is 5.46. The van der Waals surface area contributed by atoms with Crippen molar-refractivity contribution < 1.29 is 24.5 Å². The molecule has 0 saturated heterocycles. The van der Waals surface area contributed by atoms with Gasteiger partial charge in [-0.05, 0) is 66.1 Å². The maximum atomic E-state index is 11.9. The van der Waals surface area contributed by atoms with Crippen molar-refractivity contribution >= 4 is 39.4 Å². The lowest BCUT2D eigenvalue weighted by atomic mass is 9.93. The van der Waals surface area contributed by atoms with Crippen LogP contribution in [0.5, 0.6) is 5.75 Å². The molecule has 196 valence electrons. The number of benzene rings is 3. The minimum absolute atomic E-state index is 0.00876. The van der Waals surface area contributed by atoms with E-state index in [-0.39, 0.29) is 24.3 Å². The van der Waals surface area contributed by atoms with Gasteiger partial charge in [-0.25, -0.2) is 9.78 Å². The molecule has 0 radical (unpaired) electrons. The number of aromatic carboxylic acids is 1. The van der Waals surface area contributed by atoms with Crippen molar-refractivity contribution in [2.24, 2.45) is 0 Å². The second kappa shape index (κ2) is 9.75. The van der Waals surface area contributed by atoms with Crippen LogP contribution in [-0.2, 0) is 17.8 Å². The molecule has 1 aliphatic carbocycles. The standard InChI is InChI=1S/C30H26N4O5/c31-29-23-13-18(8-7-17(23)11-12-32-29)19-9-10-26-24(14-19)25(33-34(26)21-4-2-5-21)16-39-28-20(15-27(35)36)3-1-6-22(28)30(37)38/h1,3,6-14,21H,2,4-5,15-16H2,(H2,31,32)(H,35,36)(H,37,38). The minimum Gasteiger partial charge on any atom is -0.486 e. The normalized spacial score (nSPS) is 13.4. The van der Waals surface area contributed by atoms with Gasteiger partial charge < -0.3 is 20.7 Å². The van der Waals surface area contributed by atoms with Crippen LogP contribution >= 0.6 is 0 Å². The van der Waals surface area contributed by atoms with Gasteiger partial charge in [0.2, 0.25) is 0 Å². The molecule has 0 aliphatic heterocycles. The van der Waals surface area contributed by atoms with Crippen LogP contribution in [0.4, 0.5) is 5.82 Å². The quantitative estimate of drug-likeness (QED) is 0.244. The summed E-state index contributed by atoms with van der Waals surface area (Å²) in [6.45, 7) is -0.00876. The number of carboxylic acids is 2. The summed E-state index contributed by atoms with van der Waals surface area (Å²) >= 11 is 0. The van der Waals surface area contributed by atoms with Crippen LogP contribution < -0.4 is 10.5 Å². The maximum Gasteiger partial charge on any atom is 0.339 e. The minimum atomic E-state index is -1.19. The number of hydrogen-bond donors (Lipinski definition) is 3. The highest BCUT2D eigenvalue weighted by Crippen LogP contribution is 2.37. The molecule has 0 spiro atoms. The molecule has 0 atom stereocenters. The zero-order chi connectivity index (χ0) is 27.1.